The first kappa shape index (κ1) is 10.0. The molecule has 72 valence electrons. The third kappa shape index (κ3) is 2.47. The Hall–Kier alpha value is -0.0500. The molecule has 0 aromatic rings. The van der Waals surface area contributed by atoms with Gasteiger partial charge < -0.3 is 0 Å². The molecule has 1 fully saturated rings. The lowest BCUT2D eigenvalue weighted by Gasteiger charge is -2.33. The van der Waals surface area contributed by atoms with E-state index in [1.165, 1.54) is 0 Å². The number of sulfone groups is 1. The Morgan fingerprint density at radius 2 is 1.83 bits per heavy atom. The van der Waals surface area contributed by atoms with Crippen molar-refractivity contribution in [3.8, 4) is 0 Å². The van der Waals surface area contributed by atoms with E-state index in [-0.39, 0.29) is 5.41 Å². The summed E-state index contributed by atoms with van der Waals surface area (Å²) >= 11 is 0. The van der Waals surface area contributed by atoms with Crippen molar-refractivity contribution in [2.75, 3.05) is 11.5 Å². The molecular formula is C9H18O2S. The molecule has 0 unspecified atom stereocenters. The molecule has 1 aliphatic heterocycles. The molecule has 12 heavy (non-hydrogen) atoms. The summed E-state index contributed by atoms with van der Waals surface area (Å²) in [5, 5.41) is 0. The van der Waals surface area contributed by atoms with Crippen LogP contribution in [0.3, 0.4) is 0 Å². The van der Waals surface area contributed by atoms with Crippen molar-refractivity contribution in [3.63, 3.8) is 0 Å². The van der Waals surface area contributed by atoms with Crippen molar-refractivity contribution in [3.05, 3.63) is 0 Å². The zero-order valence-electron chi connectivity index (χ0n) is 8.13. The van der Waals surface area contributed by atoms with Gasteiger partial charge in [0.1, 0.15) is 0 Å². The largest absolute Gasteiger partial charge is 0.229 e. The predicted octanol–water partition coefficient (Wildman–Crippen LogP) is 1.86. The van der Waals surface area contributed by atoms with Crippen molar-refractivity contribution in [2.45, 2.75) is 33.6 Å². The van der Waals surface area contributed by atoms with Gasteiger partial charge in [-0.3, -0.25) is 0 Å². The third-order valence-electron chi connectivity index (χ3n) is 2.69. The predicted molar refractivity (Wildman–Crippen MR) is 50.8 cm³/mol. The van der Waals surface area contributed by atoms with E-state index in [0.717, 1.165) is 12.8 Å². The SMILES string of the molecule is CC(C)(C)[C@H]1CCCS(=O)(=O)C1. The fourth-order valence-electron chi connectivity index (χ4n) is 1.71. The van der Waals surface area contributed by atoms with Gasteiger partial charge in [0.2, 0.25) is 0 Å². The second kappa shape index (κ2) is 3.02. The lowest BCUT2D eigenvalue weighted by molar-refractivity contribution is 0.241. The molecule has 0 aliphatic carbocycles. The summed E-state index contributed by atoms with van der Waals surface area (Å²) in [6, 6.07) is 0. The second-order valence-electron chi connectivity index (χ2n) is 4.82. The maximum Gasteiger partial charge on any atom is 0.150 e. The first-order chi connectivity index (χ1) is 5.31. The first-order valence-electron chi connectivity index (χ1n) is 4.52. The molecule has 2 nitrogen and oxygen atoms in total. The summed E-state index contributed by atoms with van der Waals surface area (Å²) in [5.41, 5.74) is 0.146. The molecule has 0 aromatic heterocycles. The van der Waals surface area contributed by atoms with Crippen LogP contribution in [0.1, 0.15) is 33.6 Å². The molecule has 1 heterocycles. The first-order valence-corrected chi connectivity index (χ1v) is 6.34. The van der Waals surface area contributed by atoms with Crippen LogP contribution in [0.2, 0.25) is 0 Å². The van der Waals surface area contributed by atoms with Crippen molar-refractivity contribution in [1.29, 1.82) is 0 Å². The van der Waals surface area contributed by atoms with Crippen LogP contribution >= 0.6 is 0 Å². The Kier molecular flexibility index (Phi) is 2.52. The van der Waals surface area contributed by atoms with E-state index in [0.29, 0.717) is 17.4 Å². The topological polar surface area (TPSA) is 34.1 Å². The molecule has 0 aromatic carbocycles. The Labute approximate surface area is 75.3 Å². The fourth-order valence-corrected chi connectivity index (χ4v) is 3.76. The van der Waals surface area contributed by atoms with E-state index in [1.54, 1.807) is 0 Å². The van der Waals surface area contributed by atoms with E-state index >= 15 is 0 Å². The highest BCUT2D eigenvalue weighted by Crippen LogP contribution is 2.33. The molecule has 3 heteroatoms. The summed E-state index contributed by atoms with van der Waals surface area (Å²) in [6.45, 7) is 6.37. The monoisotopic (exact) mass is 190 g/mol. The van der Waals surface area contributed by atoms with Crippen LogP contribution in [0, 0.1) is 11.3 Å². The summed E-state index contributed by atoms with van der Waals surface area (Å²) < 4.78 is 22.6. The van der Waals surface area contributed by atoms with Crippen molar-refractivity contribution < 1.29 is 8.42 Å². The molecule has 0 N–H and O–H groups in total. The minimum absolute atomic E-state index is 0.146. The second-order valence-corrected chi connectivity index (χ2v) is 7.05. The molecule has 0 radical (unpaired) electrons. The van der Waals surface area contributed by atoms with Crippen molar-refractivity contribution >= 4 is 9.84 Å². The molecular weight excluding hydrogens is 172 g/mol. The van der Waals surface area contributed by atoms with Crippen molar-refractivity contribution in [2.24, 2.45) is 11.3 Å². The molecule has 1 atom stereocenters. The molecule has 0 spiro atoms. The van der Waals surface area contributed by atoms with Crippen LogP contribution in [-0.2, 0) is 9.84 Å². The van der Waals surface area contributed by atoms with Crippen LogP contribution in [0.15, 0.2) is 0 Å². The molecule has 0 saturated carbocycles. The normalized spacial score (nSPS) is 30.1. The molecule has 1 saturated heterocycles. The zero-order valence-corrected chi connectivity index (χ0v) is 8.95. The highest BCUT2D eigenvalue weighted by atomic mass is 32.2. The van der Waals surface area contributed by atoms with E-state index in [2.05, 4.69) is 20.8 Å². The Morgan fingerprint density at radius 1 is 1.25 bits per heavy atom. The van der Waals surface area contributed by atoms with Crippen LogP contribution in [-0.4, -0.2) is 19.9 Å². The smallest absolute Gasteiger partial charge is 0.150 e. The van der Waals surface area contributed by atoms with Gasteiger partial charge in [0, 0.05) is 0 Å². The maximum atomic E-state index is 11.3. The Morgan fingerprint density at radius 3 is 2.17 bits per heavy atom. The van der Waals surface area contributed by atoms with Gasteiger partial charge in [-0.2, -0.15) is 0 Å². The van der Waals surface area contributed by atoms with E-state index in [4.69, 9.17) is 0 Å². The standard InChI is InChI=1S/C9H18O2S/c1-9(2,3)8-5-4-6-12(10,11)7-8/h8H,4-7H2,1-3H3/t8-/m0/s1. The maximum absolute atomic E-state index is 11.3. The van der Waals surface area contributed by atoms with Crippen molar-refractivity contribution in [1.82, 2.24) is 0 Å². The Balaban J connectivity index is 2.71. The molecule has 0 bridgehead atoms. The summed E-state index contributed by atoms with van der Waals surface area (Å²) in [6.07, 6.45) is 1.92. The quantitative estimate of drug-likeness (QED) is 0.584. The van der Waals surface area contributed by atoms with E-state index < -0.39 is 9.84 Å². The fraction of sp³-hybridized carbons (Fsp3) is 1.00. The van der Waals surface area contributed by atoms with Gasteiger partial charge in [-0.05, 0) is 24.2 Å². The van der Waals surface area contributed by atoms with Gasteiger partial charge >= 0.3 is 0 Å². The lowest BCUT2D eigenvalue weighted by Crippen LogP contribution is -2.33. The molecule has 1 aliphatic rings. The van der Waals surface area contributed by atoms with Crippen LogP contribution in [0.5, 0.6) is 0 Å². The van der Waals surface area contributed by atoms with Gasteiger partial charge in [-0.15, -0.1) is 0 Å². The number of hydrogen-bond donors (Lipinski definition) is 0. The minimum atomic E-state index is -2.72. The van der Waals surface area contributed by atoms with E-state index in [1.807, 2.05) is 0 Å². The van der Waals surface area contributed by atoms with Gasteiger partial charge in [0.25, 0.3) is 0 Å². The highest BCUT2D eigenvalue weighted by molar-refractivity contribution is 7.91. The Bertz CT molecular complexity index is 246. The lowest BCUT2D eigenvalue weighted by atomic mass is 9.79. The van der Waals surface area contributed by atoms with Crippen LogP contribution in [0.4, 0.5) is 0 Å². The minimum Gasteiger partial charge on any atom is -0.229 e. The molecule has 1 rings (SSSR count). The average Bonchev–Trinajstić information content (AvgIpc) is 1.83. The van der Waals surface area contributed by atoms with Gasteiger partial charge in [0.15, 0.2) is 9.84 Å². The summed E-state index contributed by atoms with van der Waals surface area (Å²) in [7, 11) is -2.72. The third-order valence-corrected chi connectivity index (χ3v) is 4.51. The molecule has 0 amide bonds. The number of hydrogen-bond acceptors (Lipinski definition) is 2. The number of rotatable bonds is 0. The van der Waals surface area contributed by atoms with Gasteiger partial charge in [-0.25, -0.2) is 8.42 Å². The van der Waals surface area contributed by atoms with Gasteiger partial charge in [-0.1, -0.05) is 20.8 Å². The van der Waals surface area contributed by atoms with Gasteiger partial charge in [0.05, 0.1) is 11.5 Å². The van der Waals surface area contributed by atoms with E-state index in [9.17, 15) is 8.42 Å². The highest BCUT2D eigenvalue weighted by Gasteiger charge is 2.32. The van der Waals surface area contributed by atoms with Crippen LogP contribution < -0.4 is 0 Å². The summed E-state index contributed by atoms with van der Waals surface area (Å²) in [4.78, 5) is 0. The average molecular weight is 190 g/mol. The zero-order chi connectivity index (χ0) is 9.41. The summed E-state index contributed by atoms with van der Waals surface area (Å²) in [5.74, 6) is 1.16. The van der Waals surface area contributed by atoms with Crippen LogP contribution in [0.25, 0.3) is 0 Å².